The first kappa shape index (κ1) is 18.5. The van der Waals surface area contributed by atoms with Crippen molar-refractivity contribution in [1.82, 2.24) is 5.32 Å². The third kappa shape index (κ3) is 3.49. The van der Waals surface area contributed by atoms with Gasteiger partial charge in [0.15, 0.2) is 6.10 Å². The predicted molar refractivity (Wildman–Crippen MR) is 108 cm³/mol. The lowest BCUT2D eigenvalue weighted by Crippen LogP contribution is -2.48. The van der Waals surface area contributed by atoms with Crippen LogP contribution in [0.4, 0.5) is 5.69 Å². The number of para-hydroxylation sites is 2. The van der Waals surface area contributed by atoms with E-state index in [-0.39, 0.29) is 23.7 Å². The van der Waals surface area contributed by atoms with Gasteiger partial charge in [-0.2, -0.15) is 0 Å². The van der Waals surface area contributed by atoms with Gasteiger partial charge in [0.25, 0.3) is 5.91 Å². The molecule has 2 amide bonds. The summed E-state index contributed by atoms with van der Waals surface area (Å²) in [7, 11) is 0. The standard InChI is InChI=1S/C23H26N2O3/c1-17-22(27)25(19-10-5-6-11-20(19)28-17)15-12-21(26)24-16-23(13-7-14-23)18-8-3-2-4-9-18/h2-6,8-11,17H,7,12-16H2,1H3,(H,24,26). The molecule has 1 atom stereocenters. The molecule has 146 valence electrons. The van der Waals surface area contributed by atoms with Crippen LogP contribution in [-0.4, -0.2) is 31.0 Å². The molecule has 1 saturated carbocycles. The van der Waals surface area contributed by atoms with Crippen molar-refractivity contribution in [2.45, 2.75) is 44.1 Å². The molecule has 5 nitrogen and oxygen atoms in total. The topological polar surface area (TPSA) is 58.6 Å². The van der Waals surface area contributed by atoms with E-state index in [1.54, 1.807) is 11.8 Å². The molecule has 0 aromatic heterocycles. The Balaban J connectivity index is 1.37. The Kier molecular flexibility index (Phi) is 5.07. The fourth-order valence-corrected chi connectivity index (χ4v) is 4.12. The second-order valence-electron chi connectivity index (χ2n) is 7.74. The molecular weight excluding hydrogens is 352 g/mol. The second-order valence-corrected chi connectivity index (χ2v) is 7.74. The van der Waals surface area contributed by atoms with Gasteiger partial charge in [-0.25, -0.2) is 0 Å². The lowest BCUT2D eigenvalue weighted by molar-refractivity contribution is -0.125. The molecule has 4 rings (SSSR count). The zero-order valence-corrected chi connectivity index (χ0v) is 16.2. The Hall–Kier alpha value is -2.82. The molecule has 0 radical (unpaired) electrons. The van der Waals surface area contributed by atoms with Gasteiger partial charge >= 0.3 is 0 Å². The summed E-state index contributed by atoms with van der Waals surface area (Å²) in [6.07, 6.45) is 3.14. The van der Waals surface area contributed by atoms with Crippen molar-refractivity contribution in [1.29, 1.82) is 0 Å². The van der Waals surface area contributed by atoms with Gasteiger partial charge < -0.3 is 15.0 Å². The summed E-state index contributed by atoms with van der Waals surface area (Å²) >= 11 is 0. The fourth-order valence-electron chi connectivity index (χ4n) is 4.12. The molecule has 1 N–H and O–H groups in total. The van der Waals surface area contributed by atoms with Crippen molar-refractivity contribution in [3.05, 3.63) is 60.2 Å². The smallest absolute Gasteiger partial charge is 0.267 e. The highest BCUT2D eigenvalue weighted by Crippen LogP contribution is 2.43. The Labute approximate surface area is 165 Å². The van der Waals surface area contributed by atoms with Crippen LogP contribution in [0.15, 0.2) is 54.6 Å². The minimum Gasteiger partial charge on any atom is -0.479 e. The number of amides is 2. The van der Waals surface area contributed by atoms with E-state index in [0.29, 0.717) is 18.8 Å². The molecule has 1 aliphatic carbocycles. The average Bonchev–Trinajstić information content (AvgIpc) is 2.68. The van der Waals surface area contributed by atoms with Gasteiger partial charge in [-0.15, -0.1) is 0 Å². The van der Waals surface area contributed by atoms with E-state index in [1.807, 2.05) is 30.3 Å². The third-order valence-corrected chi connectivity index (χ3v) is 5.96. The summed E-state index contributed by atoms with van der Waals surface area (Å²) in [5, 5.41) is 3.11. The van der Waals surface area contributed by atoms with Crippen LogP contribution in [0.2, 0.25) is 0 Å². The van der Waals surface area contributed by atoms with Crippen LogP contribution in [0.1, 0.15) is 38.2 Å². The van der Waals surface area contributed by atoms with Gasteiger partial charge in [-0.05, 0) is 37.5 Å². The number of nitrogens with zero attached hydrogens (tertiary/aromatic N) is 1. The van der Waals surface area contributed by atoms with Crippen molar-refractivity contribution in [3.63, 3.8) is 0 Å². The number of fused-ring (bicyclic) bond motifs is 1. The first-order valence-corrected chi connectivity index (χ1v) is 9.98. The van der Waals surface area contributed by atoms with E-state index in [0.717, 1.165) is 18.5 Å². The molecule has 1 heterocycles. The first-order chi connectivity index (χ1) is 13.6. The van der Waals surface area contributed by atoms with Crippen LogP contribution in [-0.2, 0) is 15.0 Å². The van der Waals surface area contributed by atoms with Crippen molar-refractivity contribution in [3.8, 4) is 5.75 Å². The Bertz CT molecular complexity index is 861. The number of carbonyl (C=O) groups is 2. The quantitative estimate of drug-likeness (QED) is 0.838. The summed E-state index contributed by atoms with van der Waals surface area (Å²) in [6, 6.07) is 17.9. The van der Waals surface area contributed by atoms with Gasteiger partial charge in [-0.3, -0.25) is 9.59 Å². The number of rotatable bonds is 6. The highest BCUT2D eigenvalue weighted by Gasteiger charge is 2.38. The molecule has 0 bridgehead atoms. The normalized spacial score (nSPS) is 20.0. The fraction of sp³-hybridized carbons (Fsp3) is 0.391. The monoisotopic (exact) mass is 378 g/mol. The van der Waals surface area contributed by atoms with Crippen LogP contribution >= 0.6 is 0 Å². The Morgan fingerprint density at radius 2 is 1.86 bits per heavy atom. The molecule has 28 heavy (non-hydrogen) atoms. The summed E-state index contributed by atoms with van der Waals surface area (Å²) in [5.41, 5.74) is 2.10. The van der Waals surface area contributed by atoms with Crippen molar-refractivity contribution in [2.24, 2.45) is 0 Å². The molecule has 2 aromatic carbocycles. The molecule has 0 saturated heterocycles. The Morgan fingerprint density at radius 1 is 1.14 bits per heavy atom. The molecule has 2 aliphatic rings. The molecule has 0 spiro atoms. The second kappa shape index (κ2) is 7.66. The first-order valence-electron chi connectivity index (χ1n) is 9.98. The van der Waals surface area contributed by atoms with Crippen LogP contribution in [0.5, 0.6) is 5.75 Å². The van der Waals surface area contributed by atoms with E-state index < -0.39 is 6.10 Å². The summed E-state index contributed by atoms with van der Waals surface area (Å²) < 4.78 is 5.65. The molecule has 1 unspecified atom stereocenters. The van der Waals surface area contributed by atoms with Crippen LogP contribution in [0.3, 0.4) is 0 Å². The molecular formula is C23H26N2O3. The maximum atomic E-state index is 12.5. The summed E-state index contributed by atoms with van der Waals surface area (Å²) in [5.74, 6) is 0.561. The highest BCUT2D eigenvalue weighted by molar-refractivity contribution is 6.00. The van der Waals surface area contributed by atoms with Crippen molar-refractivity contribution in [2.75, 3.05) is 18.0 Å². The van der Waals surface area contributed by atoms with Gasteiger partial charge in [0.1, 0.15) is 5.75 Å². The van der Waals surface area contributed by atoms with E-state index in [1.165, 1.54) is 12.0 Å². The minimum atomic E-state index is -0.533. The number of carbonyl (C=O) groups excluding carboxylic acids is 2. The van der Waals surface area contributed by atoms with Crippen LogP contribution in [0, 0.1) is 0 Å². The third-order valence-electron chi connectivity index (χ3n) is 5.96. The summed E-state index contributed by atoms with van der Waals surface area (Å²) in [6.45, 7) is 2.75. The van der Waals surface area contributed by atoms with E-state index in [2.05, 4.69) is 29.6 Å². The number of nitrogens with one attached hydrogen (secondary N) is 1. The van der Waals surface area contributed by atoms with E-state index >= 15 is 0 Å². The highest BCUT2D eigenvalue weighted by atomic mass is 16.5. The lowest BCUT2D eigenvalue weighted by Gasteiger charge is -2.42. The number of benzene rings is 2. The summed E-state index contributed by atoms with van der Waals surface area (Å²) in [4.78, 5) is 26.7. The SMILES string of the molecule is CC1Oc2ccccc2N(CCC(=O)NCC2(c3ccccc3)CCC2)C1=O. The minimum absolute atomic E-state index is 0.0216. The van der Waals surface area contributed by atoms with Gasteiger partial charge in [-0.1, -0.05) is 48.9 Å². The van der Waals surface area contributed by atoms with Crippen molar-refractivity contribution < 1.29 is 14.3 Å². The molecule has 5 heteroatoms. The van der Waals surface area contributed by atoms with Crippen molar-refractivity contribution >= 4 is 17.5 Å². The lowest BCUT2D eigenvalue weighted by atomic mass is 9.64. The maximum absolute atomic E-state index is 12.5. The van der Waals surface area contributed by atoms with Gasteiger partial charge in [0, 0.05) is 24.9 Å². The van der Waals surface area contributed by atoms with Crippen LogP contribution in [0.25, 0.3) is 0 Å². The maximum Gasteiger partial charge on any atom is 0.267 e. The molecule has 2 aromatic rings. The largest absolute Gasteiger partial charge is 0.479 e. The van der Waals surface area contributed by atoms with Gasteiger partial charge in [0.05, 0.1) is 5.69 Å². The number of hydrogen-bond donors (Lipinski definition) is 1. The number of anilines is 1. The predicted octanol–water partition coefficient (Wildman–Crippen LogP) is 3.43. The average molecular weight is 378 g/mol. The zero-order chi connectivity index (χ0) is 19.6. The zero-order valence-electron chi connectivity index (χ0n) is 16.2. The number of ether oxygens (including phenoxy) is 1. The molecule has 1 fully saturated rings. The van der Waals surface area contributed by atoms with E-state index in [4.69, 9.17) is 4.74 Å². The van der Waals surface area contributed by atoms with Crippen LogP contribution < -0.4 is 15.0 Å². The Morgan fingerprint density at radius 3 is 2.57 bits per heavy atom. The van der Waals surface area contributed by atoms with Gasteiger partial charge in [0.2, 0.25) is 5.91 Å². The molecule has 1 aliphatic heterocycles. The van der Waals surface area contributed by atoms with E-state index in [9.17, 15) is 9.59 Å². The number of hydrogen-bond acceptors (Lipinski definition) is 3.